The topological polar surface area (TPSA) is 94.6 Å². The number of benzene rings is 1. The number of hydrogen-bond donors (Lipinski definition) is 3. The second-order valence-electron chi connectivity index (χ2n) is 6.30. The lowest BCUT2D eigenvalue weighted by atomic mass is 10.2. The number of halogens is 2. The molecule has 146 valence electrons. The van der Waals surface area contributed by atoms with E-state index in [-0.39, 0.29) is 17.8 Å². The maximum Gasteiger partial charge on any atom is 0.267 e. The fraction of sp³-hybridized carbons (Fsp3) is 0.211. The molecule has 1 fully saturated rings. The summed E-state index contributed by atoms with van der Waals surface area (Å²) in [4.78, 5) is 29.5. The fourth-order valence-corrected chi connectivity index (χ4v) is 3.12. The van der Waals surface area contributed by atoms with Crippen molar-refractivity contribution in [1.29, 1.82) is 0 Å². The van der Waals surface area contributed by atoms with E-state index in [4.69, 9.17) is 16.8 Å². The number of hydrogen-bond acceptors (Lipinski definition) is 5. The molecule has 0 radical (unpaired) electrons. The summed E-state index contributed by atoms with van der Waals surface area (Å²) < 4.78 is 13.0. The standard InChI is InChI=1S/C19H18ClFN4O3/c20-16-9-12(1-6-17(26)24-28)10-22-18(16)23-15-7-8-25(11-15)19(27)13-2-4-14(21)5-3-13/h1-6,9-10,15,28H,7-8,11H2,(H,22,23)(H,24,26)/t15-/m1/s1. The maximum absolute atomic E-state index is 13.0. The van der Waals surface area contributed by atoms with Gasteiger partial charge in [0.05, 0.1) is 5.02 Å². The molecule has 3 rings (SSSR count). The molecule has 3 N–H and O–H groups in total. The third-order valence-electron chi connectivity index (χ3n) is 4.31. The van der Waals surface area contributed by atoms with E-state index < -0.39 is 5.91 Å². The zero-order valence-electron chi connectivity index (χ0n) is 14.7. The Morgan fingerprint density at radius 2 is 2.07 bits per heavy atom. The van der Waals surface area contributed by atoms with Crippen LogP contribution in [-0.2, 0) is 4.79 Å². The predicted molar refractivity (Wildman–Crippen MR) is 103 cm³/mol. The van der Waals surface area contributed by atoms with Crippen LogP contribution in [0.5, 0.6) is 0 Å². The molecule has 1 atom stereocenters. The number of rotatable bonds is 5. The molecule has 2 aromatic rings. The number of carbonyl (C=O) groups excluding carboxylic acids is 2. The van der Waals surface area contributed by atoms with Gasteiger partial charge >= 0.3 is 0 Å². The van der Waals surface area contributed by atoms with E-state index in [1.807, 2.05) is 0 Å². The average Bonchev–Trinajstić information content (AvgIpc) is 3.16. The Kier molecular flexibility index (Phi) is 6.23. The number of likely N-dealkylation sites (tertiary alicyclic amines) is 1. The van der Waals surface area contributed by atoms with Gasteiger partial charge in [-0.05, 0) is 48.4 Å². The Balaban J connectivity index is 1.60. The lowest BCUT2D eigenvalue weighted by Crippen LogP contribution is -2.31. The van der Waals surface area contributed by atoms with Gasteiger partial charge in [0.1, 0.15) is 11.6 Å². The van der Waals surface area contributed by atoms with Crippen molar-refractivity contribution in [2.45, 2.75) is 12.5 Å². The second-order valence-corrected chi connectivity index (χ2v) is 6.70. The van der Waals surface area contributed by atoms with E-state index in [1.54, 1.807) is 11.0 Å². The summed E-state index contributed by atoms with van der Waals surface area (Å²) >= 11 is 6.24. The first kappa shape index (κ1) is 19.8. The minimum absolute atomic E-state index is 0.0176. The summed E-state index contributed by atoms with van der Waals surface area (Å²) in [6.45, 7) is 1.05. The largest absolute Gasteiger partial charge is 0.364 e. The molecule has 0 aliphatic carbocycles. The highest BCUT2D eigenvalue weighted by Crippen LogP contribution is 2.24. The molecule has 1 aromatic carbocycles. The van der Waals surface area contributed by atoms with E-state index >= 15 is 0 Å². The van der Waals surface area contributed by atoms with Crippen LogP contribution in [0.4, 0.5) is 10.2 Å². The molecule has 1 aliphatic rings. The molecular formula is C19H18ClFN4O3. The molecular weight excluding hydrogens is 387 g/mol. The van der Waals surface area contributed by atoms with Gasteiger partial charge < -0.3 is 10.2 Å². The molecule has 7 nitrogen and oxygen atoms in total. The first-order valence-electron chi connectivity index (χ1n) is 8.55. The molecule has 28 heavy (non-hydrogen) atoms. The molecule has 1 aliphatic heterocycles. The van der Waals surface area contributed by atoms with E-state index in [9.17, 15) is 14.0 Å². The number of hydroxylamine groups is 1. The Morgan fingerprint density at radius 1 is 1.32 bits per heavy atom. The van der Waals surface area contributed by atoms with E-state index in [0.29, 0.717) is 35.1 Å². The van der Waals surface area contributed by atoms with Gasteiger partial charge in [-0.1, -0.05) is 11.6 Å². The van der Waals surface area contributed by atoms with Gasteiger partial charge in [0.2, 0.25) is 0 Å². The molecule has 0 saturated carbocycles. The van der Waals surface area contributed by atoms with E-state index in [1.165, 1.54) is 42.0 Å². The molecule has 9 heteroatoms. The summed E-state index contributed by atoms with van der Waals surface area (Å²) in [5.41, 5.74) is 2.54. The molecule has 0 spiro atoms. The van der Waals surface area contributed by atoms with Crippen molar-refractivity contribution in [2.24, 2.45) is 0 Å². The SMILES string of the molecule is O=C(C=Cc1cnc(N[C@@H]2CCN(C(=O)c3ccc(F)cc3)C2)c(Cl)c1)NO. The minimum atomic E-state index is -0.657. The summed E-state index contributed by atoms with van der Waals surface area (Å²) in [7, 11) is 0. The summed E-state index contributed by atoms with van der Waals surface area (Å²) in [6.07, 6.45) is 4.87. The van der Waals surface area contributed by atoms with Gasteiger partial charge in [0, 0.05) is 37.0 Å². The van der Waals surface area contributed by atoms with Crippen LogP contribution >= 0.6 is 11.6 Å². The molecule has 2 amide bonds. The Bertz CT molecular complexity index is 905. The highest BCUT2D eigenvalue weighted by molar-refractivity contribution is 6.33. The second kappa shape index (κ2) is 8.81. The van der Waals surface area contributed by atoms with Crippen molar-refractivity contribution < 1.29 is 19.2 Å². The lowest BCUT2D eigenvalue weighted by molar-refractivity contribution is -0.124. The van der Waals surface area contributed by atoms with Gasteiger partial charge in [0.15, 0.2) is 0 Å². The van der Waals surface area contributed by atoms with Gasteiger partial charge in [-0.3, -0.25) is 14.8 Å². The Morgan fingerprint density at radius 3 is 2.75 bits per heavy atom. The smallest absolute Gasteiger partial charge is 0.267 e. The van der Waals surface area contributed by atoms with Crippen LogP contribution in [0, 0.1) is 5.82 Å². The number of amides is 2. The summed E-state index contributed by atoms with van der Waals surface area (Å²) in [5, 5.41) is 12.1. The van der Waals surface area contributed by atoms with Crippen LogP contribution in [0.1, 0.15) is 22.3 Å². The van der Waals surface area contributed by atoms with Crippen molar-refractivity contribution in [2.75, 3.05) is 18.4 Å². The number of nitrogens with one attached hydrogen (secondary N) is 2. The van der Waals surface area contributed by atoms with Gasteiger partial charge in [-0.2, -0.15) is 0 Å². The molecule has 2 heterocycles. The number of anilines is 1. The van der Waals surface area contributed by atoms with Crippen LogP contribution < -0.4 is 10.8 Å². The van der Waals surface area contributed by atoms with Crippen LogP contribution in [0.2, 0.25) is 5.02 Å². The van der Waals surface area contributed by atoms with Gasteiger partial charge in [-0.15, -0.1) is 0 Å². The average molecular weight is 405 g/mol. The molecule has 0 unspecified atom stereocenters. The Labute approximate surface area is 165 Å². The first-order chi connectivity index (χ1) is 13.5. The van der Waals surface area contributed by atoms with Crippen molar-refractivity contribution in [3.63, 3.8) is 0 Å². The van der Waals surface area contributed by atoms with Gasteiger partial charge in [0.25, 0.3) is 11.8 Å². The quantitative estimate of drug-likeness (QED) is 0.404. The first-order valence-corrected chi connectivity index (χ1v) is 8.93. The van der Waals surface area contributed by atoms with Crippen LogP contribution in [0.25, 0.3) is 6.08 Å². The van der Waals surface area contributed by atoms with Crippen LogP contribution in [0.3, 0.4) is 0 Å². The molecule has 0 bridgehead atoms. The molecule has 1 saturated heterocycles. The zero-order valence-corrected chi connectivity index (χ0v) is 15.5. The lowest BCUT2D eigenvalue weighted by Gasteiger charge is -2.18. The number of carbonyl (C=O) groups is 2. The predicted octanol–water partition coefficient (Wildman–Crippen LogP) is 2.72. The number of nitrogens with zero attached hydrogens (tertiary/aromatic N) is 2. The summed E-state index contributed by atoms with van der Waals surface area (Å²) in [5.74, 6) is -0.707. The van der Waals surface area contributed by atoms with Crippen molar-refractivity contribution in [3.05, 3.63) is 64.6 Å². The zero-order chi connectivity index (χ0) is 20.1. The van der Waals surface area contributed by atoms with E-state index in [0.717, 1.165) is 12.5 Å². The maximum atomic E-state index is 13.0. The van der Waals surface area contributed by atoms with Gasteiger partial charge in [-0.25, -0.2) is 14.9 Å². The normalized spacial score (nSPS) is 16.4. The minimum Gasteiger partial charge on any atom is -0.364 e. The van der Waals surface area contributed by atoms with Crippen LogP contribution in [-0.4, -0.2) is 46.0 Å². The molecule has 1 aromatic heterocycles. The highest BCUT2D eigenvalue weighted by atomic mass is 35.5. The third-order valence-corrected chi connectivity index (χ3v) is 4.60. The summed E-state index contributed by atoms with van der Waals surface area (Å²) in [6, 6.07) is 7.09. The van der Waals surface area contributed by atoms with Crippen molar-refractivity contribution in [3.8, 4) is 0 Å². The third kappa shape index (κ3) is 4.85. The number of aromatic nitrogens is 1. The number of pyridine rings is 1. The Hall–Kier alpha value is -2.97. The van der Waals surface area contributed by atoms with Crippen molar-refractivity contribution >= 4 is 35.3 Å². The highest BCUT2D eigenvalue weighted by Gasteiger charge is 2.27. The fourth-order valence-electron chi connectivity index (χ4n) is 2.89. The monoisotopic (exact) mass is 404 g/mol. The van der Waals surface area contributed by atoms with Crippen LogP contribution in [0.15, 0.2) is 42.6 Å². The van der Waals surface area contributed by atoms with E-state index in [2.05, 4.69) is 10.3 Å². The van der Waals surface area contributed by atoms with Crippen molar-refractivity contribution in [1.82, 2.24) is 15.4 Å².